The van der Waals surface area contributed by atoms with Crippen molar-refractivity contribution in [3.8, 4) is 0 Å². The quantitative estimate of drug-likeness (QED) is 0.646. The van der Waals surface area contributed by atoms with Gasteiger partial charge in [-0.2, -0.15) is 0 Å². The second-order valence-electron chi connectivity index (χ2n) is 9.68. The normalized spacial score (nSPS) is 21.9. The van der Waals surface area contributed by atoms with Crippen LogP contribution in [-0.4, -0.2) is 23.2 Å². The van der Waals surface area contributed by atoms with E-state index in [1.165, 1.54) is 5.56 Å². The van der Waals surface area contributed by atoms with Crippen LogP contribution in [-0.2, 0) is 15.1 Å². The number of nitrogens with zero attached hydrogens (tertiary/aromatic N) is 2. The molecule has 2 aliphatic heterocycles. The van der Waals surface area contributed by atoms with E-state index < -0.39 is 11.0 Å². The molecule has 1 unspecified atom stereocenters. The Labute approximate surface area is 179 Å². The van der Waals surface area contributed by atoms with E-state index in [0.717, 1.165) is 23.2 Å². The summed E-state index contributed by atoms with van der Waals surface area (Å²) in [5, 5.41) is 4.03. The average molecular weight is 405 g/mol. The first-order valence-corrected chi connectivity index (χ1v) is 11.1. The van der Waals surface area contributed by atoms with Crippen LogP contribution < -0.4 is 5.01 Å². The van der Waals surface area contributed by atoms with E-state index in [-0.39, 0.29) is 11.7 Å². The van der Waals surface area contributed by atoms with Gasteiger partial charge in [0.05, 0.1) is 17.6 Å². The van der Waals surface area contributed by atoms with Gasteiger partial charge in [0, 0.05) is 18.4 Å². The molecule has 0 spiro atoms. The van der Waals surface area contributed by atoms with E-state index in [2.05, 4.69) is 49.2 Å². The number of fused-ring (bicyclic) bond motifs is 3. The summed E-state index contributed by atoms with van der Waals surface area (Å²) in [6.45, 7) is 11.0. The van der Waals surface area contributed by atoms with E-state index in [4.69, 9.17) is 0 Å². The maximum Gasteiger partial charge on any atom is 0.249 e. The first-order chi connectivity index (χ1) is 14.2. The lowest BCUT2D eigenvalue weighted by Crippen LogP contribution is -2.51. The number of carbonyl (C=O) groups is 2. The van der Waals surface area contributed by atoms with Crippen LogP contribution >= 0.6 is 0 Å². The van der Waals surface area contributed by atoms with Crippen molar-refractivity contribution in [2.24, 2.45) is 5.41 Å². The Morgan fingerprint density at radius 1 is 1.10 bits per heavy atom. The number of benzene rings is 2. The molecule has 1 fully saturated rings. The minimum absolute atomic E-state index is 0.0814. The van der Waals surface area contributed by atoms with Gasteiger partial charge in [-0.3, -0.25) is 14.6 Å². The second-order valence-corrected chi connectivity index (χ2v) is 9.68. The molecule has 4 heteroatoms. The van der Waals surface area contributed by atoms with Crippen LogP contribution in [0.1, 0.15) is 76.5 Å². The van der Waals surface area contributed by atoms with E-state index in [1.54, 1.807) is 0 Å². The van der Waals surface area contributed by atoms with Crippen LogP contribution in [0.3, 0.4) is 0 Å². The molecule has 2 aromatic rings. The Morgan fingerprint density at radius 3 is 2.43 bits per heavy atom. The van der Waals surface area contributed by atoms with Gasteiger partial charge in [0.15, 0.2) is 0 Å². The van der Waals surface area contributed by atoms with Crippen molar-refractivity contribution in [3.05, 3.63) is 65.2 Å². The Hall–Kier alpha value is -2.62. The van der Waals surface area contributed by atoms with Gasteiger partial charge in [0.25, 0.3) is 0 Å². The standard InChI is InChI=1S/C26H32N2O2/c1-6-10-21(29)16-26(20-11-8-7-9-12-20)22-15-19(18(2)3)13-14-23(22)27-17-25(4,5)24(30)28(26)27/h7-9,11-15,18H,6,10,16-17H2,1-5H3. The van der Waals surface area contributed by atoms with Gasteiger partial charge >= 0.3 is 0 Å². The van der Waals surface area contributed by atoms with Crippen molar-refractivity contribution in [1.29, 1.82) is 0 Å². The lowest BCUT2D eigenvalue weighted by molar-refractivity contribution is -0.140. The van der Waals surface area contributed by atoms with Crippen LogP contribution in [0.15, 0.2) is 48.5 Å². The van der Waals surface area contributed by atoms with E-state index >= 15 is 0 Å². The first-order valence-electron chi connectivity index (χ1n) is 11.1. The van der Waals surface area contributed by atoms with Crippen molar-refractivity contribution >= 4 is 17.4 Å². The second kappa shape index (κ2) is 7.26. The largest absolute Gasteiger partial charge is 0.300 e. The number of amides is 1. The topological polar surface area (TPSA) is 40.6 Å². The molecule has 1 saturated heterocycles. The van der Waals surface area contributed by atoms with Crippen LogP contribution in [0.2, 0.25) is 0 Å². The summed E-state index contributed by atoms with van der Waals surface area (Å²) in [5.41, 5.74) is 3.07. The van der Waals surface area contributed by atoms with E-state index in [1.807, 2.05) is 44.0 Å². The Bertz CT molecular complexity index is 980. The molecule has 0 saturated carbocycles. The minimum Gasteiger partial charge on any atom is -0.300 e. The monoisotopic (exact) mass is 404 g/mol. The van der Waals surface area contributed by atoms with Gasteiger partial charge < -0.3 is 0 Å². The molecule has 4 nitrogen and oxygen atoms in total. The molecule has 0 bridgehead atoms. The molecular weight excluding hydrogens is 372 g/mol. The maximum absolute atomic E-state index is 13.7. The number of anilines is 1. The highest BCUT2D eigenvalue weighted by atomic mass is 16.2. The summed E-state index contributed by atoms with van der Waals surface area (Å²) < 4.78 is 0. The number of carbonyl (C=O) groups excluding carboxylic acids is 2. The number of hydrazine groups is 1. The molecule has 2 aromatic carbocycles. The zero-order valence-electron chi connectivity index (χ0n) is 18.7. The van der Waals surface area contributed by atoms with Crippen LogP contribution in [0.25, 0.3) is 0 Å². The predicted molar refractivity (Wildman–Crippen MR) is 120 cm³/mol. The maximum atomic E-state index is 13.7. The number of hydrogen-bond acceptors (Lipinski definition) is 3. The molecule has 2 heterocycles. The third-order valence-electron chi connectivity index (χ3n) is 6.56. The molecule has 0 aromatic heterocycles. The molecule has 0 radical (unpaired) electrons. The average Bonchev–Trinajstić information content (AvgIpc) is 3.11. The van der Waals surface area contributed by atoms with Crippen molar-refractivity contribution in [2.75, 3.05) is 11.6 Å². The van der Waals surface area contributed by atoms with Gasteiger partial charge in [0.1, 0.15) is 11.3 Å². The fraction of sp³-hybridized carbons (Fsp3) is 0.462. The minimum atomic E-state index is -0.793. The molecule has 30 heavy (non-hydrogen) atoms. The smallest absolute Gasteiger partial charge is 0.249 e. The molecule has 1 amide bonds. The SMILES string of the molecule is CCCC(=O)CC1(c2ccccc2)c2cc(C(C)C)ccc2N2CC(C)(C)C(=O)N21. The molecule has 158 valence electrons. The number of Topliss-reactive ketones (excluding diaryl/α,β-unsaturated/α-hetero) is 1. The van der Waals surface area contributed by atoms with E-state index in [9.17, 15) is 9.59 Å². The summed E-state index contributed by atoms with van der Waals surface area (Å²) in [6.07, 6.45) is 1.64. The highest BCUT2D eigenvalue weighted by Gasteiger charge is 2.60. The Kier molecular flexibility index (Phi) is 5.00. The summed E-state index contributed by atoms with van der Waals surface area (Å²) in [4.78, 5) is 26.8. The summed E-state index contributed by atoms with van der Waals surface area (Å²) >= 11 is 0. The van der Waals surface area contributed by atoms with Gasteiger partial charge in [-0.15, -0.1) is 0 Å². The molecule has 4 rings (SSSR count). The number of rotatable bonds is 6. The summed E-state index contributed by atoms with van der Waals surface area (Å²) in [7, 11) is 0. The first kappa shape index (κ1) is 20.6. The van der Waals surface area contributed by atoms with Crippen LogP contribution in [0, 0.1) is 5.41 Å². The van der Waals surface area contributed by atoms with Crippen molar-refractivity contribution in [3.63, 3.8) is 0 Å². The summed E-state index contributed by atoms with van der Waals surface area (Å²) in [5.74, 6) is 0.646. The Morgan fingerprint density at radius 2 is 1.80 bits per heavy atom. The molecule has 2 aliphatic rings. The third kappa shape index (κ3) is 2.96. The highest BCUT2D eigenvalue weighted by molar-refractivity contribution is 5.94. The molecule has 0 N–H and O–H groups in total. The number of ketones is 1. The zero-order valence-corrected chi connectivity index (χ0v) is 18.7. The van der Waals surface area contributed by atoms with Crippen LogP contribution in [0.4, 0.5) is 5.69 Å². The fourth-order valence-electron chi connectivity index (χ4n) is 4.98. The van der Waals surface area contributed by atoms with Gasteiger partial charge in [-0.05, 0) is 43.4 Å². The molecule has 1 atom stereocenters. The summed E-state index contributed by atoms with van der Waals surface area (Å²) in [6, 6.07) is 16.6. The Balaban J connectivity index is 2.02. The van der Waals surface area contributed by atoms with Crippen molar-refractivity contribution in [2.45, 2.75) is 65.3 Å². The predicted octanol–water partition coefficient (Wildman–Crippen LogP) is 5.42. The van der Waals surface area contributed by atoms with Gasteiger partial charge in [-0.25, -0.2) is 5.01 Å². The van der Waals surface area contributed by atoms with Crippen LogP contribution in [0.5, 0.6) is 0 Å². The van der Waals surface area contributed by atoms with Gasteiger partial charge in [0.2, 0.25) is 5.91 Å². The number of hydrogen-bond donors (Lipinski definition) is 0. The molecule has 0 aliphatic carbocycles. The zero-order chi connectivity index (χ0) is 21.7. The molecular formula is C26H32N2O2. The van der Waals surface area contributed by atoms with Crippen molar-refractivity contribution in [1.82, 2.24) is 5.01 Å². The lowest BCUT2D eigenvalue weighted by Gasteiger charge is -2.39. The van der Waals surface area contributed by atoms with E-state index in [0.29, 0.717) is 25.3 Å². The highest BCUT2D eigenvalue weighted by Crippen LogP contribution is 2.55. The van der Waals surface area contributed by atoms with Gasteiger partial charge in [-0.1, -0.05) is 63.2 Å². The third-order valence-corrected chi connectivity index (χ3v) is 6.56. The fourth-order valence-corrected chi connectivity index (χ4v) is 4.98. The van der Waals surface area contributed by atoms with Crippen molar-refractivity contribution < 1.29 is 9.59 Å². The lowest BCUT2D eigenvalue weighted by atomic mass is 9.76.